The Hall–Kier alpha value is -2.00. The van der Waals surface area contributed by atoms with Crippen molar-refractivity contribution in [2.45, 2.75) is 18.9 Å². The van der Waals surface area contributed by atoms with Gasteiger partial charge >= 0.3 is 23.1 Å². The predicted molar refractivity (Wildman–Crippen MR) is 168 cm³/mol. The van der Waals surface area contributed by atoms with Crippen LogP contribution >= 0.6 is 31.9 Å². The van der Waals surface area contributed by atoms with Gasteiger partial charge in [-0.1, -0.05) is 12.1 Å². The van der Waals surface area contributed by atoms with E-state index in [9.17, 15) is 27.5 Å². The van der Waals surface area contributed by atoms with E-state index < -0.39 is 29.4 Å². The van der Waals surface area contributed by atoms with Gasteiger partial charge in [-0.15, -0.1) is 12.1 Å². The van der Waals surface area contributed by atoms with Gasteiger partial charge in [-0.05, 0) is 74.5 Å². The Labute approximate surface area is 303 Å². The Morgan fingerprint density at radius 3 is 1.73 bits per heavy atom. The van der Waals surface area contributed by atoms with Crippen LogP contribution in [0.15, 0.2) is 81.7 Å². The molecule has 1 atom stereocenters. The molecule has 5 rings (SSSR count). The second kappa shape index (κ2) is 23.3. The molecule has 0 spiro atoms. The van der Waals surface area contributed by atoms with Crippen molar-refractivity contribution in [3.8, 4) is 11.5 Å². The van der Waals surface area contributed by atoms with E-state index in [1.54, 1.807) is 31.4 Å². The molecular formula is C32H29Br3F4MgO5. The van der Waals surface area contributed by atoms with E-state index in [0.29, 0.717) is 23.7 Å². The zero-order chi connectivity index (χ0) is 31.8. The molecule has 0 bridgehead atoms. The number of aldehydes is 1. The molecule has 5 nitrogen and oxygen atoms in total. The molecule has 1 unspecified atom stereocenters. The molecule has 45 heavy (non-hydrogen) atoms. The van der Waals surface area contributed by atoms with E-state index in [-0.39, 0.29) is 60.1 Å². The normalized spacial score (nSPS) is 11.8. The molecule has 1 N–H and O–H groups in total. The molecule has 0 aromatic heterocycles. The van der Waals surface area contributed by atoms with Crippen molar-refractivity contribution in [1.82, 2.24) is 0 Å². The first-order valence-corrected chi connectivity index (χ1v) is 14.3. The fourth-order valence-corrected chi connectivity index (χ4v) is 4.08. The first-order chi connectivity index (χ1) is 20.6. The number of aliphatic hydroxyl groups excluding tert-OH is 1. The first-order valence-electron chi connectivity index (χ1n) is 12.7. The number of carbonyl (C=O) groups excluding carboxylic acids is 1. The minimum Gasteiger partial charge on any atom is -1.00 e. The van der Waals surface area contributed by atoms with Crippen LogP contribution in [0.5, 0.6) is 11.5 Å². The Balaban J connectivity index is 0.000000631. The number of methoxy groups -OCH3 is 2. The number of ether oxygens (including phenoxy) is 3. The summed E-state index contributed by atoms with van der Waals surface area (Å²) < 4.78 is 66.9. The third-order valence-electron chi connectivity index (χ3n) is 5.68. The molecule has 1 fully saturated rings. The third-order valence-corrected chi connectivity index (χ3v) is 6.90. The maximum Gasteiger partial charge on any atom is 2.00 e. The Kier molecular flexibility index (Phi) is 22.3. The van der Waals surface area contributed by atoms with E-state index in [1.165, 1.54) is 26.0 Å². The predicted octanol–water partition coefficient (Wildman–Crippen LogP) is 5.27. The van der Waals surface area contributed by atoms with Gasteiger partial charge in [0.25, 0.3) is 0 Å². The van der Waals surface area contributed by atoms with Gasteiger partial charge in [0.15, 0.2) is 6.29 Å². The standard InChI is InChI=1S/C14H11BrF2O2.C7H3BrF2O.C7H7O.C4H8O.BrH.Mg/c1-19-9-4-2-8(3-5-9)14(18)10-6-11(15)13(17)7-12(10)16;8-5-1-4(3-11)6(9)2-7(5)10;1-8-7-5-3-2-4-6-7;1-2-4-5-3-1;;/h2-7,14,18H,1H3;1-3H;3-6H,1H3;1-4H2;1H;/q;;-1;;;+2/p-1. The molecule has 13 heteroatoms. The molecule has 1 aliphatic heterocycles. The Bertz CT molecular complexity index is 1420. The van der Waals surface area contributed by atoms with Crippen LogP contribution in [-0.2, 0) is 4.74 Å². The molecule has 1 saturated heterocycles. The molecule has 1 heterocycles. The van der Waals surface area contributed by atoms with Gasteiger partial charge in [-0.3, -0.25) is 4.79 Å². The van der Waals surface area contributed by atoms with Crippen LogP contribution in [-0.4, -0.2) is 61.9 Å². The van der Waals surface area contributed by atoms with Gasteiger partial charge in [0.1, 0.15) is 35.1 Å². The van der Waals surface area contributed by atoms with Crippen LogP contribution in [0.4, 0.5) is 17.6 Å². The van der Waals surface area contributed by atoms with Gasteiger partial charge in [0.05, 0.1) is 28.7 Å². The summed E-state index contributed by atoms with van der Waals surface area (Å²) >= 11 is 5.79. The minimum atomic E-state index is -1.16. The van der Waals surface area contributed by atoms with E-state index in [0.717, 1.165) is 31.1 Å². The van der Waals surface area contributed by atoms with Crippen molar-refractivity contribution in [3.05, 3.63) is 128 Å². The fourth-order valence-electron chi connectivity index (χ4n) is 3.36. The van der Waals surface area contributed by atoms with Crippen molar-refractivity contribution in [2.24, 2.45) is 0 Å². The topological polar surface area (TPSA) is 65.0 Å². The smallest absolute Gasteiger partial charge is 1.00 e. The summed E-state index contributed by atoms with van der Waals surface area (Å²) in [5.41, 5.74) is 0.356. The second-order valence-corrected chi connectivity index (χ2v) is 10.3. The number of halogens is 7. The summed E-state index contributed by atoms with van der Waals surface area (Å²) in [6, 6.07) is 20.6. The molecule has 0 aliphatic carbocycles. The summed E-state index contributed by atoms with van der Waals surface area (Å²) in [4.78, 5) is 10.1. The van der Waals surface area contributed by atoms with E-state index >= 15 is 0 Å². The summed E-state index contributed by atoms with van der Waals surface area (Å²) in [5, 5.41) is 10.1. The molecule has 4 aromatic rings. The van der Waals surface area contributed by atoms with Crippen molar-refractivity contribution < 1.29 is 58.7 Å². The van der Waals surface area contributed by atoms with Gasteiger partial charge in [0.2, 0.25) is 0 Å². The van der Waals surface area contributed by atoms with Crippen molar-refractivity contribution >= 4 is 61.2 Å². The number of rotatable bonds is 5. The van der Waals surface area contributed by atoms with Gasteiger partial charge < -0.3 is 36.3 Å². The van der Waals surface area contributed by atoms with Crippen LogP contribution in [0.2, 0.25) is 0 Å². The third kappa shape index (κ3) is 15.0. The molecular weight excluding hydrogens is 804 g/mol. The molecule has 4 aromatic carbocycles. The number of benzene rings is 4. The maximum atomic E-state index is 13.7. The number of carbonyl (C=O) groups is 1. The number of hydrogen-bond donors (Lipinski definition) is 1. The summed E-state index contributed by atoms with van der Waals surface area (Å²) in [5.74, 6) is -1.54. The van der Waals surface area contributed by atoms with Crippen molar-refractivity contribution in [1.29, 1.82) is 0 Å². The SMILES string of the molecule is C1CCOC1.COc1cc[c-]cc1.COc1ccc(C(O)c2cc(Br)c(F)cc2F)cc1.O=Cc1cc(Br)c(F)cc1F.[Br-].[Mg+2]. The average molecular weight is 834 g/mol. The summed E-state index contributed by atoms with van der Waals surface area (Å²) in [6.45, 7) is 2.00. The van der Waals surface area contributed by atoms with Gasteiger partial charge in [0, 0.05) is 36.7 Å². The minimum absolute atomic E-state index is 0. The van der Waals surface area contributed by atoms with Crippen LogP contribution in [0.1, 0.15) is 40.4 Å². The Morgan fingerprint density at radius 2 is 1.29 bits per heavy atom. The number of hydrogen-bond acceptors (Lipinski definition) is 5. The summed E-state index contributed by atoms with van der Waals surface area (Å²) in [7, 11) is 3.18. The molecule has 0 radical (unpaired) electrons. The summed E-state index contributed by atoms with van der Waals surface area (Å²) in [6.07, 6.45) is 1.72. The second-order valence-electron chi connectivity index (χ2n) is 8.63. The zero-order valence-electron chi connectivity index (χ0n) is 24.3. The monoisotopic (exact) mass is 830 g/mol. The van der Waals surface area contributed by atoms with Crippen molar-refractivity contribution in [3.63, 3.8) is 0 Å². The molecule has 0 amide bonds. The molecule has 238 valence electrons. The maximum absolute atomic E-state index is 13.7. The van der Waals surface area contributed by atoms with Crippen LogP contribution < -0.4 is 26.5 Å². The van der Waals surface area contributed by atoms with Gasteiger partial charge in [-0.25, -0.2) is 17.6 Å². The number of aliphatic hydroxyl groups is 1. The van der Waals surface area contributed by atoms with Crippen molar-refractivity contribution in [2.75, 3.05) is 27.4 Å². The van der Waals surface area contributed by atoms with Crippen LogP contribution in [0.3, 0.4) is 0 Å². The van der Waals surface area contributed by atoms with E-state index in [2.05, 4.69) is 37.9 Å². The molecule has 0 saturated carbocycles. The fraction of sp³-hybridized carbons (Fsp3) is 0.219. The Morgan fingerprint density at radius 1 is 0.800 bits per heavy atom. The first kappa shape index (κ1) is 43.0. The zero-order valence-corrected chi connectivity index (χ0v) is 30.5. The van der Waals surface area contributed by atoms with E-state index in [4.69, 9.17) is 14.2 Å². The van der Waals surface area contributed by atoms with Crippen LogP contribution in [0.25, 0.3) is 0 Å². The van der Waals surface area contributed by atoms with E-state index in [1.807, 2.05) is 24.3 Å². The molecule has 1 aliphatic rings. The average Bonchev–Trinajstić information content (AvgIpc) is 3.62. The largest absolute Gasteiger partial charge is 2.00 e. The van der Waals surface area contributed by atoms with Crippen LogP contribution in [0, 0.1) is 29.3 Å². The van der Waals surface area contributed by atoms with Gasteiger partial charge in [-0.2, -0.15) is 18.2 Å². The quantitative estimate of drug-likeness (QED) is 0.0978.